The maximum Gasteiger partial charge on any atom is 0.0483 e. The summed E-state index contributed by atoms with van der Waals surface area (Å²) >= 11 is 1.64. The molecule has 0 saturated carbocycles. The van der Waals surface area contributed by atoms with E-state index in [1.54, 1.807) is 12.1 Å². The summed E-state index contributed by atoms with van der Waals surface area (Å²) in [6.45, 7) is 6.53. The minimum Gasteiger partial charge on any atom is -0.347 e. The van der Waals surface area contributed by atoms with Crippen molar-refractivity contribution in [3.63, 3.8) is 0 Å². The third-order valence-corrected chi connectivity index (χ3v) is 4.98. The second-order valence-electron chi connectivity index (χ2n) is 7.22. The first kappa shape index (κ1) is 19.0. The fourth-order valence-corrected chi connectivity index (χ4v) is 3.65. The zero-order chi connectivity index (χ0) is 18.5. The van der Waals surface area contributed by atoms with Gasteiger partial charge >= 0.3 is 0 Å². The van der Waals surface area contributed by atoms with Gasteiger partial charge in [0, 0.05) is 54.7 Å². The fraction of sp³-hybridized carbons (Fsp3) is 0.381. The molecule has 3 rings (SSSR count). The van der Waals surface area contributed by atoms with E-state index in [0.29, 0.717) is 5.92 Å². The lowest BCUT2D eigenvalue weighted by Crippen LogP contribution is -2.15. The monoisotopic (exact) mass is 368 g/mol. The summed E-state index contributed by atoms with van der Waals surface area (Å²) in [7, 11) is 4.10. The van der Waals surface area contributed by atoms with Gasteiger partial charge in [0.1, 0.15) is 0 Å². The van der Waals surface area contributed by atoms with Crippen molar-refractivity contribution in [3.8, 4) is 11.1 Å². The van der Waals surface area contributed by atoms with E-state index in [2.05, 4.69) is 69.0 Å². The van der Waals surface area contributed by atoms with Gasteiger partial charge in [0.25, 0.3) is 0 Å². The lowest BCUT2D eigenvalue weighted by molar-refractivity contribution is 0.534. The van der Waals surface area contributed by atoms with Crippen LogP contribution in [0.4, 0.5) is 0 Å². The summed E-state index contributed by atoms with van der Waals surface area (Å²) in [6, 6.07) is 11.0. The predicted octanol–water partition coefficient (Wildman–Crippen LogP) is 4.62. The van der Waals surface area contributed by atoms with Crippen LogP contribution in [0.5, 0.6) is 0 Å². The summed E-state index contributed by atoms with van der Waals surface area (Å²) < 4.78 is 7.90. The maximum atomic E-state index is 4.13. The van der Waals surface area contributed by atoms with Gasteiger partial charge in [-0.25, -0.2) is 4.31 Å². The van der Waals surface area contributed by atoms with Crippen molar-refractivity contribution in [2.45, 2.75) is 26.8 Å². The Kier molecular flexibility index (Phi) is 6.35. The number of pyridine rings is 1. The molecule has 0 fully saturated rings. The van der Waals surface area contributed by atoms with Crippen LogP contribution in [0.25, 0.3) is 22.0 Å². The Bertz CT molecular complexity index is 840. The van der Waals surface area contributed by atoms with Crippen molar-refractivity contribution in [1.82, 2.24) is 18.6 Å². The summed E-state index contributed by atoms with van der Waals surface area (Å²) in [5.74, 6) is 0.626. The average molecular weight is 369 g/mol. The van der Waals surface area contributed by atoms with Gasteiger partial charge < -0.3 is 4.57 Å². The molecular weight excluding hydrogens is 340 g/mol. The predicted molar refractivity (Wildman–Crippen MR) is 113 cm³/mol. The molecule has 1 N–H and O–H groups in total. The fourth-order valence-electron chi connectivity index (χ4n) is 3.20. The molecule has 0 aliphatic carbocycles. The Morgan fingerprint density at radius 3 is 2.58 bits per heavy atom. The van der Waals surface area contributed by atoms with Crippen LogP contribution in [0.15, 0.2) is 48.9 Å². The van der Waals surface area contributed by atoms with Gasteiger partial charge in [-0.15, -0.1) is 0 Å². The van der Waals surface area contributed by atoms with Crippen LogP contribution in [0, 0.1) is 5.92 Å². The largest absolute Gasteiger partial charge is 0.347 e. The molecule has 0 radical (unpaired) electrons. The van der Waals surface area contributed by atoms with Crippen molar-refractivity contribution < 1.29 is 0 Å². The van der Waals surface area contributed by atoms with Crippen molar-refractivity contribution in [2.75, 3.05) is 20.6 Å². The quantitative estimate of drug-likeness (QED) is 0.465. The summed E-state index contributed by atoms with van der Waals surface area (Å²) in [5.41, 5.74) is 5.19. The smallest absolute Gasteiger partial charge is 0.0483 e. The minimum atomic E-state index is 0.626. The molecule has 0 amide bonds. The van der Waals surface area contributed by atoms with Gasteiger partial charge in [-0.1, -0.05) is 19.9 Å². The number of hydrogen-bond donors (Lipinski definition) is 1. The van der Waals surface area contributed by atoms with Crippen LogP contribution in [0.3, 0.4) is 0 Å². The molecule has 0 aliphatic heterocycles. The number of aromatic nitrogens is 2. The molecule has 1 aromatic carbocycles. The van der Waals surface area contributed by atoms with Crippen LogP contribution >= 0.6 is 12.1 Å². The van der Waals surface area contributed by atoms with E-state index >= 15 is 0 Å². The maximum absolute atomic E-state index is 4.13. The highest BCUT2D eigenvalue weighted by Gasteiger charge is 2.11. The Hall–Kier alpha value is -1.82. The van der Waals surface area contributed by atoms with Gasteiger partial charge in [-0.05, 0) is 67.4 Å². The zero-order valence-corrected chi connectivity index (χ0v) is 16.9. The molecule has 26 heavy (non-hydrogen) atoms. The first-order valence-corrected chi connectivity index (χ1v) is 9.91. The molecule has 0 unspecified atom stereocenters. The average Bonchev–Trinajstić information content (AvgIpc) is 2.96. The molecule has 4 nitrogen and oxygen atoms in total. The van der Waals surface area contributed by atoms with E-state index in [4.69, 9.17) is 0 Å². The standard InChI is InChI=1S/C21H28N4S/c1-16(2)14-25-15-19(9-12-23-26-24(3)4)20-13-18(5-6-21(20)25)17-7-10-22-11-8-17/h5-8,10-11,13,15-16,23H,9,12,14H2,1-4H3. The number of fused-ring (bicyclic) bond motifs is 1. The normalized spacial score (nSPS) is 11.8. The molecule has 3 aromatic rings. The van der Waals surface area contributed by atoms with Gasteiger partial charge in [0.05, 0.1) is 0 Å². The second-order valence-corrected chi connectivity index (χ2v) is 8.42. The van der Waals surface area contributed by atoms with Crippen molar-refractivity contribution in [2.24, 2.45) is 5.92 Å². The molecule has 5 heteroatoms. The van der Waals surface area contributed by atoms with E-state index in [-0.39, 0.29) is 0 Å². The highest BCUT2D eigenvalue weighted by Crippen LogP contribution is 2.28. The summed E-state index contributed by atoms with van der Waals surface area (Å²) in [4.78, 5) is 4.13. The van der Waals surface area contributed by atoms with Crippen molar-refractivity contribution in [3.05, 3.63) is 54.5 Å². The second kappa shape index (κ2) is 8.71. The van der Waals surface area contributed by atoms with Crippen LogP contribution in [0.2, 0.25) is 0 Å². The minimum absolute atomic E-state index is 0.626. The SMILES string of the molecule is CC(C)Cn1cc(CCNSN(C)C)c2cc(-c3ccncc3)ccc21. The summed E-state index contributed by atoms with van der Waals surface area (Å²) in [6.07, 6.45) is 7.06. The van der Waals surface area contributed by atoms with Crippen molar-refractivity contribution in [1.29, 1.82) is 0 Å². The Morgan fingerprint density at radius 1 is 1.12 bits per heavy atom. The third kappa shape index (κ3) is 4.67. The molecule has 0 atom stereocenters. The van der Waals surface area contributed by atoms with E-state index in [1.165, 1.54) is 27.6 Å². The Labute approximate surface area is 160 Å². The number of rotatable bonds is 8. The lowest BCUT2D eigenvalue weighted by Gasteiger charge is -2.09. The van der Waals surface area contributed by atoms with Gasteiger partial charge in [-0.3, -0.25) is 9.71 Å². The molecule has 2 heterocycles. The number of nitrogens with zero attached hydrogens (tertiary/aromatic N) is 3. The third-order valence-electron chi connectivity index (χ3n) is 4.28. The molecule has 138 valence electrons. The van der Waals surface area contributed by atoms with E-state index in [9.17, 15) is 0 Å². The van der Waals surface area contributed by atoms with Crippen LogP contribution in [0.1, 0.15) is 19.4 Å². The van der Waals surface area contributed by atoms with Crippen LogP contribution in [-0.2, 0) is 13.0 Å². The molecule has 2 aromatic heterocycles. The Balaban J connectivity index is 1.92. The summed E-state index contributed by atoms with van der Waals surface area (Å²) in [5, 5.41) is 1.36. The molecular formula is C21H28N4S. The molecule has 0 bridgehead atoms. The van der Waals surface area contributed by atoms with E-state index in [0.717, 1.165) is 19.5 Å². The van der Waals surface area contributed by atoms with E-state index < -0.39 is 0 Å². The van der Waals surface area contributed by atoms with Crippen LogP contribution in [-0.4, -0.2) is 34.5 Å². The van der Waals surface area contributed by atoms with Crippen molar-refractivity contribution >= 4 is 23.0 Å². The lowest BCUT2D eigenvalue weighted by atomic mass is 10.0. The Morgan fingerprint density at radius 2 is 1.88 bits per heavy atom. The molecule has 0 spiro atoms. The van der Waals surface area contributed by atoms with Crippen LogP contribution < -0.4 is 4.72 Å². The number of nitrogens with one attached hydrogen (secondary N) is 1. The van der Waals surface area contributed by atoms with E-state index in [1.807, 2.05) is 26.5 Å². The topological polar surface area (TPSA) is 33.1 Å². The highest BCUT2D eigenvalue weighted by molar-refractivity contribution is 7.95. The highest BCUT2D eigenvalue weighted by atomic mass is 32.2. The first-order valence-electron chi connectivity index (χ1n) is 9.14. The van der Waals surface area contributed by atoms with Gasteiger partial charge in [-0.2, -0.15) is 0 Å². The molecule has 0 aliphatic rings. The van der Waals surface area contributed by atoms with Gasteiger partial charge in [0.15, 0.2) is 0 Å². The zero-order valence-electron chi connectivity index (χ0n) is 16.1. The number of hydrogen-bond acceptors (Lipinski definition) is 4. The van der Waals surface area contributed by atoms with Gasteiger partial charge in [0.2, 0.25) is 0 Å². The number of benzene rings is 1. The molecule has 0 saturated heterocycles. The first-order chi connectivity index (χ1) is 12.5.